The Morgan fingerprint density at radius 3 is 2.85 bits per heavy atom. The number of para-hydroxylation sites is 1. The minimum absolute atomic E-state index is 0.151. The number of nitriles is 1. The largest absolute Gasteiger partial charge is 0.460 e. The van der Waals surface area contributed by atoms with Crippen molar-refractivity contribution in [2.45, 2.75) is 49.4 Å². The molecule has 4 heterocycles. The molecule has 6 N–H and O–H groups in total. The summed E-state index contributed by atoms with van der Waals surface area (Å²) < 4.78 is 37.9. The molecule has 2 aliphatic rings. The molecule has 2 aromatic heterocycles. The second kappa shape index (κ2) is 11.7. The zero-order valence-corrected chi connectivity index (χ0v) is 22.9. The molecule has 0 bridgehead atoms. The summed E-state index contributed by atoms with van der Waals surface area (Å²) in [5.41, 5.74) is 4.43. The molecule has 7 atom stereocenters. The monoisotopic (exact) mass is 587 g/mol. The number of anilines is 1. The van der Waals surface area contributed by atoms with E-state index in [2.05, 4.69) is 20.5 Å². The molecule has 2 unspecified atom stereocenters. The summed E-state index contributed by atoms with van der Waals surface area (Å²) in [5.74, 6) is -0.350. The summed E-state index contributed by atoms with van der Waals surface area (Å²) in [6.45, 7) is 1.85. The van der Waals surface area contributed by atoms with Crippen LogP contribution in [0.15, 0.2) is 48.8 Å². The molecule has 16 heteroatoms. The lowest BCUT2D eigenvalue weighted by molar-refractivity contribution is -0.149. The molecule has 41 heavy (non-hydrogen) atoms. The fourth-order valence-electron chi connectivity index (χ4n) is 4.65. The van der Waals surface area contributed by atoms with Gasteiger partial charge in [-0.2, -0.15) is 15.4 Å². The molecular weight excluding hydrogens is 557 g/mol. The molecule has 0 aliphatic carbocycles. The molecule has 0 radical (unpaired) electrons. The Morgan fingerprint density at radius 1 is 1.37 bits per heavy atom. The van der Waals surface area contributed by atoms with Crippen molar-refractivity contribution in [3.05, 3.63) is 54.5 Å². The van der Waals surface area contributed by atoms with Gasteiger partial charge in [-0.1, -0.05) is 18.2 Å². The first-order valence-electron chi connectivity index (χ1n) is 12.9. The molecule has 3 aromatic rings. The SMILES string of the molecule is CC(NP(=O)(OC[C@@]1(C#N)O[C@@H](c2ccc3c(N)ncnn23)[C@H](O)[C@@H]1O)Oc1ccccc1)C(=O)O[C@@H]1CCNC1. The van der Waals surface area contributed by atoms with E-state index in [-0.39, 0.29) is 23.4 Å². The van der Waals surface area contributed by atoms with Gasteiger partial charge in [-0.25, -0.2) is 14.1 Å². The van der Waals surface area contributed by atoms with Crippen LogP contribution >= 0.6 is 7.75 Å². The average molecular weight is 588 g/mol. The van der Waals surface area contributed by atoms with Crippen LogP contribution in [0.25, 0.3) is 5.52 Å². The molecule has 0 saturated carbocycles. The first kappa shape index (κ1) is 28.9. The molecule has 2 aliphatic heterocycles. The Hall–Kier alpha value is -3.61. The minimum atomic E-state index is -4.41. The smallest absolute Gasteiger partial charge is 0.459 e. The normalized spacial score (nSPS) is 28.1. The van der Waals surface area contributed by atoms with Gasteiger partial charge >= 0.3 is 13.7 Å². The van der Waals surface area contributed by atoms with Crippen LogP contribution in [0.1, 0.15) is 25.1 Å². The summed E-state index contributed by atoms with van der Waals surface area (Å²) >= 11 is 0. The molecule has 0 amide bonds. The number of rotatable bonds is 10. The van der Waals surface area contributed by atoms with Crippen LogP contribution in [-0.2, 0) is 23.4 Å². The lowest BCUT2D eigenvalue weighted by Crippen LogP contribution is -2.46. The van der Waals surface area contributed by atoms with E-state index in [0.29, 0.717) is 25.0 Å². The van der Waals surface area contributed by atoms with E-state index in [1.165, 1.54) is 29.9 Å². The first-order chi connectivity index (χ1) is 19.6. The Bertz CT molecular complexity index is 1480. The Kier molecular flexibility index (Phi) is 8.25. The summed E-state index contributed by atoms with van der Waals surface area (Å²) in [5, 5.41) is 41.7. The Labute approximate surface area is 234 Å². The third-order valence-corrected chi connectivity index (χ3v) is 8.49. The van der Waals surface area contributed by atoms with Crippen LogP contribution in [0, 0.1) is 11.3 Å². The van der Waals surface area contributed by atoms with Gasteiger partial charge in [0, 0.05) is 6.54 Å². The molecule has 2 fully saturated rings. The summed E-state index contributed by atoms with van der Waals surface area (Å²) in [4.78, 5) is 16.6. The maximum Gasteiger partial charge on any atom is 0.459 e. The molecule has 218 valence electrons. The number of fused-ring (bicyclic) bond motifs is 1. The number of esters is 1. The topological polar surface area (TPSA) is 216 Å². The number of aliphatic hydroxyl groups excluding tert-OH is 2. The van der Waals surface area contributed by atoms with Crippen molar-refractivity contribution in [1.82, 2.24) is 25.0 Å². The van der Waals surface area contributed by atoms with E-state index in [1.54, 1.807) is 30.3 Å². The highest BCUT2D eigenvalue weighted by Gasteiger charge is 2.57. The van der Waals surface area contributed by atoms with Crippen LogP contribution in [0.2, 0.25) is 0 Å². The highest BCUT2D eigenvalue weighted by molar-refractivity contribution is 7.52. The highest BCUT2D eigenvalue weighted by atomic mass is 31.2. The lowest BCUT2D eigenvalue weighted by atomic mass is 9.96. The standard InChI is InChI=1S/C25H30N7O8P/c1-15(24(35)38-17-9-10-28-11-17)31-41(36,40-16-5-3-2-4-6-16)37-13-25(12-26)22(34)20(33)21(39-25)18-7-8-19-23(27)29-14-30-32(18)19/h2-8,14-15,17,20-22,28,33-34H,9-11,13H2,1H3,(H,31,36)(H2,27,29,30)/t15?,17-,20+,21+,22+,25-,41?/m1/s1. The van der Waals surface area contributed by atoms with E-state index in [0.717, 1.165) is 0 Å². The van der Waals surface area contributed by atoms with Crippen molar-refractivity contribution in [2.75, 3.05) is 25.4 Å². The maximum atomic E-state index is 13.9. The van der Waals surface area contributed by atoms with Gasteiger partial charge in [0.05, 0.1) is 5.69 Å². The number of nitrogens with two attached hydrogens (primary N) is 1. The number of aromatic nitrogens is 3. The van der Waals surface area contributed by atoms with E-state index in [4.69, 9.17) is 24.3 Å². The highest BCUT2D eigenvalue weighted by Crippen LogP contribution is 2.48. The Balaban J connectivity index is 1.36. The fourth-order valence-corrected chi connectivity index (χ4v) is 6.17. The van der Waals surface area contributed by atoms with Crippen LogP contribution in [0.3, 0.4) is 0 Å². The third-order valence-electron chi connectivity index (χ3n) is 6.86. The molecule has 2 saturated heterocycles. The van der Waals surface area contributed by atoms with Gasteiger partial charge in [0.15, 0.2) is 5.82 Å². The number of carbonyl (C=O) groups is 1. The number of benzene rings is 1. The predicted molar refractivity (Wildman–Crippen MR) is 142 cm³/mol. The average Bonchev–Trinajstić information content (AvgIpc) is 3.69. The summed E-state index contributed by atoms with van der Waals surface area (Å²) in [6, 6.07) is 11.9. The van der Waals surface area contributed by atoms with Gasteiger partial charge in [-0.15, -0.1) is 0 Å². The summed E-state index contributed by atoms with van der Waals surface area (Å²) in [6.07, 6.45) is -3.08. The van der Waals surface area contributed by atoms with Crippen LogP contribution < -0.4 is 20.7 Å². The van der Waals surface area contributed by atoms with Crippen molar-refractivity contribution in [1.29, 1.82) is 5.26 Å². The van der Waals surface area contributed by atoms with E-state index in [1.807, 2.05) is 6.07 Å². The van der Waals surface area contributed by atoms with E-state index in [9.17, 15) is 24.8 Å². The summed E-state index contributed by atoms with van der Waals surface area (Å²) in [7, 11) is -4.41. The zero-order chi connectivity index (χ0) is 29.2. The predicted octanol–water partition coefficient (Wildman–Crippen LogP) is 0.454. The molecule has 0 spiro atoms. The molecule has 1 aromatic carbocycles. The molecule has 5 rings (SSSR count). The van der Waals surface area contributed by atoms with E-state index < -0.39 is 50.3 Å². The Morgan fingerprint density at radius 2 is 2.15 bits per heavy atom. The number of aliphatic hydroxyl groups is 2. The number of carbonyl (C=O) groups excluding carboxylic acids is 1. The number of nitrogens with one attached hydrogen (secondary N) is 2. The third kappa shape index (κ3) is 5.90. The van der Waals surface area contributed by atoms with Crippen LogP contribution in [0.5, 0.6) is 5.75 Å². The quantitative estimate of drug-likeness (QED) is 0.161. The van der Waals surface area contributed by atoms with Gasteiger partial charge in [-0.05, 0) is 44.2 Å². The maximum absolute atomic E-state index is 13.9. The number of hydrogen-bond donors (Lipinski definition) is 5. The molecule has 15 nitrogen and oxygen atoms in total. The van der Waals surface area contributed by atoms with Crippen molar-refractivity contribution in [3.63, 3.8) is 0 Å². The van der Waals surface area contributed by atoms with E-state index >= 15 is 0 Å². The number of ether oxygens (including phenoxy) is 2. The van der Waals surface area contributed by atoms with Crippen molar-refractivity contribution in [3.8, 4) is 11.8 Å². The molecular formula is C25H30N7O8P. The number of nitrogens with zero attached hydrogens (tertiary/aromatic N) is 4. The minimum Gasteiger partial charge on any atom is -0.460 e. The van der Waals surface area contributed by atoms with Gasteiger partial charge in [0.1, 0.15) is 60.7 Å². The second-order valence-electron chi connectivity index (χ2n) is 9.75. The van der Waals surface area contributed by atoms with Gasteiger partial charge < -0.3 is 35.3 Å². The lowest BCUT2D eigenvalue weighted by Gasteiger charge is -2.28. The first-order valence-corrected chi connectivity index (χ1v) is 14.4. The number of nitrogen functional groups attached to an aromatic ring is 1. The number of hydrogen-bond acceptors (Lipinski definition) is 13. The van der Waals surface area contributed by atoms with Gasteiger partial charge in [-0.3, -0.25) is 9.32 Å². The van der Waals surface area contributed by atoms with Crippen molar-refractivity contribution in [2.24, 2.45) is 0 Å². The van der Waals surface area contributed by atoms with Gasteiger partial charge in [0.2, 0.25) is 5.60 Å². The van der Waals surface area contributed by atoms with Crippen LogP contribution in [-0.4, -0.2) is 80.4 Å². The van der Waals surface area contributed by atoms with Crippen LogP contribution in [0.4, 0.5) is 5.82 Å². The van der Waals surface area contributed by atoms with Crippen molar-refractivity contribution >= 4 is 25.1 Å². The second-order valence-corrected chi connectivity index (χ2v) is 11.4. The van der Waals surface area contributed by atoms with Crippen molar-refractivity contribution < 1.29 is 38.1 Å². The van der Waals surface area contributed by atoms with Gasteiger partial charge in [0.25, 0.3) is 0 Å². The fraction of sp³-hybridized carbons (Fsp3) is 0.440. The zero-order valence-electron chi connectivity index (χ0n) is 22.0.